The van der Waals surface area contributed by atoms with E-state index in [9.17, 15) is 9.59 Å². The van der Waals surface area contributed by atoms with Crippen molar-refractivity contribution in [3.8, 4) is 0 Å². The van der Waals surface area contributed by atoms with Crippen molar-refractivity contribution in [3.63, 3.8) is 0 Å². The van der Waals surface area contributed by atoms with Gasteiger partial charge in [0.2, 0.25) is 11.8 Å². The summed E-state index contributed by atoms with van der Waals surface area (Å²) in [6.07, 6.45) is 5.68. The van der Waals surface area contributed by atoms with E-state index in [1.807, 2.05) is 31.2 Å². The number of hydrogen-bond acceptors (Lipinski definition) is 2. The summed E-state index contributed by atoms with van der Waals surface area (Å²) in [5, 5.41) is 4.03. The summed E-state index contributed by atoms with van der Waals surface area (Å²) in [5.41, 5.74) is 2.92. The molecular weight excluding hydrogens is 431 g/mol. The summed E-state index contributed by atoms with van der Waals surface area (Å²) in [7, 11) is 0. The summed E-state index contributed by atoms with van der Waals surface area (Å²) in [4.78, 5) is 28.0. The SMILES string of the molecule is Cc1ccc(CN(C(=O)Cc2ccc(Cl)c(Cl)c2)C(C)C(=O)NC2CCCCC2)cc1. The van der Waals surface area contributed by atoms with Crippen molar-refractivity contribution in [2.75, 3.05) is 0 Å². The maximum Gasteiger partial charge on any atom is 0.242 e. The summed E-state index contributed by atoms with van der Waals surface area (Å²) in [6.45, 7) is 4.20. The first-order valence-electron chi connectivity index (χ1n) is 10.9. The standard InChI is InChI=1S/C25H30Cl2N2O2/c1-17-8-10-19(11-9-17)16-29(18(2)25(31)28-21-6-4-3-5-7-21)24(30)15-20-12-13-22(26)23(27)14-20/h8-14,18,21H,3-7,15-16H2,1-2H3,(H,28,31). The van der Waals surface area contributed by atoms with Gasteiger partial charge in [-0.25, -0.2) is 0 Å². The lowest BCUT2D eigenvalue weighted by molar-refractivity contribution is -0.140. The molecule has 2 aromatic carbocycles. The fourth-order valence-electron chi connectivity index (χ4n) is 3.97. The minimum absolute atomic E-state index is 0.0958. The lowest BCUT2D eigenvalue weighted by Crippen LogP contribution is -2.50. The summed E-state index contributed by atoms with van der Waals surface area (Å²) < 4.78 is 0. The van der Waals surface area contributed by atoms with Crippen LogP contribution in [0.2, 0.25) is 10.0 Å². The van der Waals surface area contributed by atoms with Crippen LogP contribution in [0.15, 0.2) is 42.5 Å². The van der Waals surface area contributed by atoms with Gasteiger partial charge in [0.05, 0.1) is 16.5 Å². The van der Waals surface area contributed by atoms with Crippen LogP contribution in [-0.4, -0.2) is 28.8 Å². The molecule has 0 aliphatic heterocycles. The smallest absolute Gasteiger partial charge is 0.242 e. The third kappa shape index (κ3) is 6.72. The fraction of sp³-hybridized carbons (Fsp3) is 0.440. The molecule has 1 aliphatic carbocycles. The Bertz CT molecular complexity index is 908. The highest BCUT2D eigenvalue weighted by Gasteiger charge is 2.28. The summed E-state index contributed by atoms with van der Waals surface area (Å²) >= 11 is 12.1. The van der Waals surface area contributed by atoms with Gasteiger partial charge in [0, 0.05) is 12.6 Å². The van der Waals surface area contributed by atoms with Gasteiger partial charge in [-0.1, -0.05) is 78.4 Å². The van der Waals surface area contributed by atoms with Gasteiger partial charge in [-0.3, -0.25) is 9.59 Å². The molecule has 1 N–H and O–H groups in total. The molecule has 0 bridgehead atoms. The quantitative estimate of drug-likeness (QED) is 0.574. The van der Waals surface area contributed by atoms with Gasteiger partial charge >= 0.3 is 0 Å². The zero-order valence-corrected chi connectivity index (χ0v) is 19.7. The molecule has 6 heteroatoms. The van der Waals surface area contributed by atoms with Crippen LogP contribution >= 0.6 is 23.2 Å². The van der Waals surface area contributed by atoms with Gasteiger partial charge in [-0.15, -0.1) is 0 Å². The highest BCUT2D eigenvalue weighted by molar-refractivity contribution is 6.42. The predicted octanol–water partition coefficient (Wildman–Crippen LogP) is 5.71. The maximum absolute atomic E-state index is 13.3. The first kappa shape index (κ1) is 23.6. The van der Waals surface area contributed by atoms with Crippen molar-refractivity contribution in [3.05, 3.63) is 69.2 Å². The van der Waals surface area contributed by atoms with Gasteiger partial charge in [-0.2, -0.15) is 0 Å². The Balaban J connectivity index is 1.76. The van der Waals surface area contributed by atoms with E-state index < -0.39 is 6.04 Å². The van der Waals surface area contributed by atoms with E-state index in [1.165, 1.54) is 6.42 Å². The van der Waals surface area contributed by atoms with Crippen LogP contribution < -0.4 is 5.32 Å². The number of rotatable bonds is 7. The molecule has 0 heterocycles. The molecule has 1 unspecified atom stereocenters. The molecule has 1 fully saturated rings. The van der Waals surface area contributed by atoms with Gasteiger partial charge in [0.15, 0.2) is 0 Å². The van der Waals surface area contributed by atoms with Crippen molar-refractivity contribution in [2.45, 2.75) is 71.0 Å². The molecule has 3 rings (SSSR count). The molecule has 4 nitrogen and oxygen atoms in total. The second kappa shape index (κ2) is 11.0. The largest absolute Gasteiger partial charge is 0.352 e. The van der Waals surface area contributed by atoms with Crippen molar-refractivity contribution in [1.29, 1.82) is 0 Å². The van der Waals surface area contributed by atoms with Crippen molar-refractivity contribution in [2.24, 2.45) is 0 Å². The number of halogens is 2. The number of hydrogen-bond donors (Lipinski definition) is 1. The highest BCUT2D eigenvalue weighted by Crippen LogP contribution is 2.24. The Morgan fingerprint density at radius 3 is 2.29 bits per heavy atom. The fourth-order valence-corrected chi connectivity index (χ4v) is 4.29. The van der Waals surface area contributed by atoms with E-state index in [4.69, 9.17) is 23.2 Å². The zero-order chi connectivity index (χ0) is 22.4. The Hall–Kier alpha value is -2.04. The predicted molar refractivity (Wildman–Crippen MR) is 126 cm³/mol. The molecule has 2 amide bonds. The Labute approximate surface area is 194 Å². The van der Waals surface area contributed by atoms with Crippen molar-refractivity contribution >= 4 is 35.0 Å². The van der Waals surface area contributed by atoms with Crippen LogP contribution in [-0.2, 0) is 22.6 Å². The Kier molecular flexibility index (Phi) is 8.39. The number of carbonyl (C=O) groups excluding carboxylic acids is 2. The highest BCUT2D eigenvalue weighted by atomic mass is 35.5. The second-order valence-corrected chi connectivity index (χ2v) is 9.27. The van der Waals surface area contributed by atoms with E-state index >= 15 is 0 Å². The molecule has 0 spiro atoms. The minimum Gasteiger partial charge on any atom is -0.352 e. The Morgan fingerprint density at radius 1 is 1.00 bits per heavy atom. The molecule has 0 saturated heterocycles. The van der Waals surface area contributed by atoms with Gasteiger partial charge in [0.25, 0.3) is 0 Å². The molecular formula is C25H30Cl2N2O2. The Morgan fingerprint density at radius 2 is 1.65 bits per heavy atom. The normalized spacial score (nSPS) is 15.4. The monoisotopic (exact) mass is 460 g/mol. The zero-order valence-electron chi connectivity index (χ0n) is 18.2. The first-order valence-corrected chi connectivity index (χ1v) is 11.7. The van der Waals surface area contributed by atoms with Gasteiger partial charge in [0.1, 0.15) is 6.04 Å². The number of benzene rings is 2. The van der Waals surface area contributed by atoms with Crippen LogP contribution in [0, 0.1) is 6.92 Å². The van der Waals surface area contributed by atoms with Gasteiger partial charge in [-0.05, 0) is 49.9 Å². The molecule has 2 aromatic rings. The minimum atomic E-state index is -0.571. The van der Waals surface area contributed by atoms with Crippen LogP contribution in [0.4, 0.5) is 0 Å². The lowest BCUT2D eigenvalue weighted by Gasteiger charge is -2.31. The molecule has 0 radical (unpaired) electrons. The van der Waals surface area contributed by atoms with Crippen molar-refractivity contribution < 1.29 is 9.59 Å². The van der Waals surface area contributed by atoms with Crippen LogP contribution in [0.25, 0.3) is 0 Å². The molecule has 1 atom stereocenters. The number of nitrogens with zero attached hydrogens (tertiary/aromatic N) is 1. The number of aryl methyl sites for hydroxylation is 1. The molecule has 31 heavy (non-hydrogen) atoms. The van der Waals surface area contributed by atoms with Crippen molar-refractivity contribution in [1.82, 2.24) is 10.2 Å². The van der Waals surface area contributed by atoms with Crippen LogP contribution in [0.5, 0.6) is 0 Å². The molecule has 1 aliphatic rings. The van der Waals surface area contributed by atoms with E-state index in [-0.39, 0.29) is 24.3 Å². The average molecular weight is 461 g/mol. The maximum atomic E-state index is 13.3. The number of amides is 2. The van der Waals surface area contributed by atoms with E-state index in [0.29, 0.717) is 16.6 Å². The second-order valence-electron chi connectivity index (χ2n) is 8.45. The lowest BCUT2D eigenvalue weighted by atomic mass is 9.95. The molecule has 1 saturated carbocycles. The summed E-state index contributed by atoms with van der Waals surface area (Å²) in [5.74, 6) is -0.216. The van der Waals surface area contributed by atoms with Crippen LogP contribution in [0.1, 0.15) is 55.7 Å². The molecule has 166 valence electrons. The van der Waals surface area contributed by atoms with E-state index in [2.05, 4.69) is 5.32 Å². The molecule has 0 aromatic heterocycles. The van der Waals surface area contributed by atoms with E-state index in [1.54, 1.807) is 30.0 Å². The van der Waals surface area contributed by atoms with Gasteiger partial charge < -0.3 is 10.2 Å². The topological polar surface area (TPSA) is 49.4 Å². The third-order valence-electron chi connectivity index (χ3n) is 5.93. The number of carbonyl (C=O) groups is 2. The van der Waals surface area contributed by atoms with E-state index in [0.717, 1.165) is 42.4 Å². The van der Waals surface area contributed by atoms with Crippen LogP contribution in [0.3, 0.4) is 0 Å². The average Bonchev–Trinajstić information content (AvgIpc) is 2.76. The third-order valence-corrected chi connectivity index (χ3v) is 6.67. The first-order chi connectivity index (χ1) is 14.8. The number of nitrogens with one attached hydrogen (secondary N) is 1. The summed E-state index contributed by atoms with van der Waals surface area (Å²) in [6, 6.07) is 12.9.